The van der Waals surface area contributed by atoms with Crippen molar-refractivity contribution in [1.82, 2.24) is 15.0 Å². The van der Waals surface area contributed by atoms with E-state index >= 15 is 0 Å². The Bertz CT molecular complexity index is 557. The molecule has 0 saturated heterocycles. The molecule has 6 heteroatoms. The van der Waals surface area contributed by atoms with Gasteiger partial charge < -0.3 is 5.32 Å². The lowest BCUT2D eigenvalue weighted by Gasteiger charge is -2.20. The normalized spacial score (nSPS) is 26.1. The molecule has 2 N–H and O–H groups in total. The summed E-state index contributed by atoms with van der Waals surface area (Å²) < 4.78 is 27.6. The van der Waals surface area contributed by atoms with Gasteiger partial charge in [-0.2, -0.15) is 0 Å². The van der Waals surface area contributed by atoms with Gasteiger partial charge in [-0.05, 0) is 43.4 Å². The number of hydrogen-bond acceptors (Lipinski definition) is 4. The Hall–Kier alpha value is -0.980. The van der Waals surface area contributed by atoms with E-state index in [-0.39, 0.29) is 11.1 Å². The van der Waals surface area contributed by atoms with Gasteiger partial charge in [0.1, 0.15) is 0 Å². The highest BCUT2D eigenvalue weighted by Gasteiger charge is 2.34. The van der Waals surface area contributed by atoms with Gasteiger partial charge in [0.25, 0.3) is 10.0 Å². The second-order valence-electron chi connectivity index (χ2n) is 5.87. The zero-order valence-electron chi connectivity index (χ0n) is 13.0. The van der Waals surface area contributed by atoms with Gasteiger partial charge in [0.2, 0.25) is 0 Å². The lowest BCUT2D eigenvalue weighted by Crippen LogP contribution is -2.37. The molecular formula is C15H25N3O2S. The quantitative estimate of drug-likeness (QED) is 0.842. The van der Waals surface area contributed by atoms with Crippen LogP contribution in [0.2, 0.25) is 0 Å². The Morgan fingerprint density at radius 2 is 2.10 bits per heavy atom. The number of pyridine rings is 1. The summed E-state index contributed by atoms with van der Waals surface area (Å²) in [6, 6.07) is 3.40. The molecule has 0 amide bonds. The van der Waals surface area contributed by atoms with E-state index in [0.717, 1.165) is 24.8 Å². The molecule has 1 heterocycles. The van der Waals surface area contributed by atoms with Crippen molar-refractivity contribution in [1.29, 1.82) is 0 Å². The number of nitrogens with zero attached hydrogens (tertiary/aromatic N) is 1. The zero-order chi connectivity index (χ0) is 15.5. The minimum atomic E-state index is -3.52. The summed E-state index contributed by atoms with van der Waals surface area (Å²) in [5, 5.41) is 3.12. The summed E-state index contributed by atoms with van der Waals surface area (Å²) in [6.45, 7) is 4.98. The summed E-state index contributed by atoms with van der Waals surface area (Å²) in [5.74, 6) is 0.997. The predicted molar refractivity (Wildman–Crippen MR) is 83.3 cm³/mol. The number of sulfonamides is 1. The third-order valence-electron chi connectivity index (χ3n) is 4.51. The summed E-state index contributed by atoms with van der Waals surface area (Å²) in [6.07, 6.45) is 4.73. The van der Waals surface area contributed by atoms with E-state index in [9.17, 15) is 8.42 Å². The molecule has 1 aromatic heterocycles. The largest absolute Gasteiger partial charge is 0.316 e. The van der Waals surface area contributed by atoms with Crippen LogP contribution in [0.1, 0.15) is 38.7 Å². The van der Waals surface area contributed by atoms with Gasteiger partial charge in [-0.1, -0.05) is 26.3 Å². The molecule has 118 valence electrons. The summed E-state index contributed by atoms with van der Waals surface area (Å²) in [4.78, 5) is 4.08. The van der Waals surface area contributed by atoms with Crippen LogP contribution in [0.25, 0.3) is 0 Å². The summed E-state index contributed by atoms with van der Waals surface area (Å²) in [5.41, 5.74) is 0.969. The number of hydrogen-bond donors (Lipinski definition) is 2. The third kappa shape index (κ3) is 3.81. The Morgan fingerprint density at radius 3 is 2.62 bits per heavy atom. The molecule has 21 heavy (non-hydrogen) atoms. The SMILES string of the molecule is CCC1CCC(NS(=O)(=O)c2ccc(CNC)cn2)C1C. The van der Waals surface area contributed by atoms with Crippen molar-refractivity contribution in [3.8, 4) is 0 Å². The monoisotopic (exact) mass is 311 g/mol. The molecule has 0 bridgehead atoms. The summed E-state index contributed by atoms with van der Waals surface area (Å²) >= 11 is 0. The molecule has 0 aliphatic heterocycles. The van der Waals surface area contributed by atoms with E-state index < -0.39 is 10.0 Å². The van der Waals surface area contributed by atoms with Crippen molar-refractivity contribution in [2.45, 2.75) is 50.7 Å². The van der Waals surface area contributed by atoms with E-state index in [4.69, 9.17) is 0 Å². The lowest BCUT2D eigenvalue weighted by molar-refractivity contribution is 0.368. The first kappa shape index (κ1) is 16.4. The van der Waals surface area contributed by atoms with Crippen LogP contribution in [0.15, 0.2) is 23.4 Å². The van der Waals surface area contributed by atoms with Crippen LogP contribution in [0, 0.1) is 11.8 Å². The van der Waals surface area contributed by atoms with Gasteiger partial charge in [-0.3, -0.25) is 0 Å². The first-order valence-corrected chi connectivity index (χ1v) is 9.08. The van der Waals surface area contributed by atoms with Gasteiger partial charge in [-0.25, -0.2) is 18.1 Å². The smallest absolute Gasteiger partial charge is 0.258 e. The highest BCUT2D eigenvalue weighted by molar-refractivity contribution is 7.89. The molecule has 0 aromatic carbocycles. The first-order chi connectivity index (χ1) is 9.97. The fraction of sp³-hybridized carbons (Fsp3) is 0.667. The Kier molecular flexibility index (Phi) is 5.35. The average Bonchev–Trinajstić information content (AvgIpc) is 2.80. The third-order valence-corrected chi connectivity index (χ3v) is 5.92. The number of aromatic nitrogens is 1. The van der Waals surface area contributed by atoms with Crippen LogP contribution in [0.3, 0.4) is 0 Å². The molecule has 3 atom stereocenters. The predicted octanol–water partition coefficient (Wildman–Crippen LogP) is 1.90. The second-order valence-corrected chi connectivity index (χ2v) is 7.53. The van der Waals surface area contributed by atoms with Crippen molar-refractivity contribution in [3.63, 3.8) is 0 Å². The minimum Gasteiger partial charge on any atom is -0.316 e. The van der Waals surface area contributed by atoms with Crippen LogP contribution in [-0.4, -0.2) is 26.5 Å². The molecule has 0 spiro atoms. The van der Waals surface area contributed by atoms with E-state index in [1.807, 2.05) is 7.05 Å². The Morgan fingerprint density at radius 1 is 1.33 bits per heavy atom. The van der Waals surface area contributed by atoms with Gasteiger partial charge >= 0.3 is 0 Å². The number of nitrogens with one attached hydrogen (secondary N) is 2. The molecule has 1 aromatic rings. The second kappa shape index (κ2) is 6.85. The van der Waals surface area contributed by atoms with E-state index in [1.165, 1.54) is 0 Å². The van der Waals surface area contributed by atoms with Crippen molar-refractivity contribution in [3.05, 3.63) is 23.9 Å². The maximum absolute atomic E-state index is 12.4. The maximum Gasteiger partial charge on any atom is 0.258 e. The van der Waals surface area contributed by atoms with Crippen LogP contribution >= 0.6 is 0 Å². The van der Waals surface area contributed by atoms with E-state index in [1.54, 1.807) is 18.3 Å². The molecule has 0 radical (unpaired) electrons. The van der Waals surface area contributed by atoms with Gasteiger partial charge in [0.15, 0.2) is 5.03 Å². The lowest BCUT2D eigenvalue weighted by atomic mass is 9.94. The molecule has 5 nitrogen and oxygen atoms in total. The van der Waals surface area contributed by atoms with E-state index in [0.29, 0.717) is 18.4 Å². The van der Waals surface area contributed by atoms with Crippen LogP contribution in [0.4, 0.5) is 0 Å². The van der Waals surface area contributed by atoms with Crippen molar-refractivity contribution in [2.24, 2.45) is 11.8 Å². The van der Waals surface area contributed by atoms with Crippen LogP contribution < -0.4 is 10.0 Å². The van der Waals surface area contributed by atoms with Crippen LogP contribution in [0.5, 0.6) is 0 Å². The average molecular weight is 311 g/mol. The Labute approximate surface area is 127 Å². The highest BCUT2D eigenvalue weighted by atomic mass is 32.2. The van der Waals surface area contributed by atoms with Gasteiger partial charge in [0, 0.05) is 18.8 Å². The molecule has 1 fully saturated rings. The molecule has 3 unspecified atom stereocenters. The molecule has 1 aliphatic rings. The maximum atomic E-state index is 12.4. The molecule has 1 saturated carbocycles. The first-order valence-electron chi connectivity index (χ1n) is 7.59. The molecule has 1 aliphatic carbocycles. The fourth-order valence-electron chi connectivity index (χ4n) is 3.13. The number of rotatable bonds is 6. The molecule has 2 rings (SSSR count). The van der Waals surface area contributed by atoms with Gasteiger partial charge in [0.05, 0.1) is 0 Å². The molecular weight excluding hydrogens is 286 g/mol. The van der Waals surface area contributed by atoms with Crippen LogP contribution in [-0.2, 0) is 16.6 Å². The topological polar surface area (TPSA) is 71.1 Å². The highest BCUT2D eigenvalue weighted by Crippen LogP contribution is 2.34. The fourth-order valence-corrected chi connectivity index (χ4v) is 4.42. The van der Waals surface area contributed by atoms with Crippen molar-refractivity contribution < 1.29 is 8.42 Å². The van der Waals surface area contributed by atoms with Crippen molar-refractivity contribution >= 4 is 10.0 Å². The Balaban J connectivity index is 2.08. The minimum absolute atomic E-state index is 0.0266. The summed E-state index contributed by atoms with van der Waals surface area (Å²) in [7, 11) is -1.68. The van der Waals surface area contributed by atoms with Gasteiger partial charge in [-0.15, -0.1) is 0 Å². The standard InChI is InChI=1S/C15H25N3O2S/c1-4-13-6-7-14(11(13)2)18-21(19,20)15-8-5-12(9-16-3)10-17-15/h5,8,10-11,13-14,16,18H,4,6-7,9H2,1-3H3. The van der Waals surface area contributed by atoms with E-state index in [2.05, 4.69) is 28.9 Å². The zero-order valence-corrected chi connectivity index (χ0v) is 13.8. The van der Waals surface area contributed by atoms with Crippen molar-refractivity contribution in [2.75, 3.05) is 7.05 Å².